The lowest BCUT2D eigenvalue weighted by atomic mass is 9.94. The molecule has 118 valence electrons. The highest BCUT2D eigenvalue weighted by Gasteiger charge is 2.40. The Morgan fingerprint density at radius 1 is 1.33 bits per heavy atom. The Morgan fingerprint density at radius 3 is 2.33 bits per heavy atom. The molecule has 0 aliphatic carbocycles. The van der Waals surface area contributed by atoms with Gasteiger partial charge in [-0.2, -0.15) is 0 Å². The molecule has 0 radical (unpaired) electrons. The van der Waals surface area contributed by atoms with E-state index in [2.05, 4.69) is 6.58 Å². The summed E-state index contributed by atoms with van der Waals surface area (Å²) in [6.45, 7) is 9.98. The van der Waals surface area contributed by atoms with Crippen LogP contribution in [0.25, 0.3) is 0 Å². The number of carbonyl (C=O) groups is 3. The van der Waals surface area contributed by atoms with Crippen LogP contribution in [0.15, 0.2) is 12.7 Å². The molecule has 0 aromatic rings. The summed E-state index contributed by atoms with van der Waals surface area (Å²) in [5, 5.41) is 0. The third-order valence-electron chi connectivity index (χ3n) is 4.10. The summed E-state index contributed by atoms with van der Waals surface area (Å²) in [4.78, 5) is 38.9. The Kier molecular flexibility index (Phi) is 5.52. The molecule has 0 aromatic heterocycles. The van der Waals surface area contributed by atoms with Crippen LogP contribution in [0.1, 0.15) is 20.8 Å². The second-order valence-electron chi connectivity index (χ2n) is 6.07. The molecular weight excluding hydrogens is 270 g/mol. The van der Waals surface area contributed by atoms with E-state index in [0.29, 0.717) is 13.1 Å². The van der Waals surface area contributed by atoms with Crippen molar-refractivity contribution in [2.45, 2.75) is 26.8 Å². The molecular formula is C15H25N3O3. The van der Waals surface area contributed by atoms with Gasteiger partial charge >= 0.3 is 0 Å². The molecule has 2 N–H and O–H groups in total. The van der Waals surface area contributed by atoms with Gasteiger partial charge in [0.1, 0.15) is 6.04 Å². The van der Waals surface area contributed by atoms with E-state index in [4.69, 9.17) is 5.73 Å². The first kappa shape index (κ1) is 17.2. The van der Waals surface area contributed by atoms with Gasteiger partial charge in [-0.25, -0.2) is 0 Å². The molecule has 0 saturated carbocycles. The first-order valence-corrected chi connectivity index (χ1v) is 7.18. The number of primary amides is 1. The number of likely N-dealkylation sites (N-methyl/N-ethyl adjacent to an activating group) is 1. The topological polar surface area (TPSA) is 83.7 Å². The number of hydrogen-bond donors (Lipinski definition) is 1. The molecule has 0 bridgehead atoms. The summed E-state index contributed by atoms with van der Waals surface area (Å²) in [6.07, 6.45) is 1.25. The van der Waals surface area contributed by atoms with Crippen LogP contribution in [0, 0.1) is 17.8 Å². The lowest BCUT2D eigenvalue weighted by Gasteiger charge is -2.31. The summed E-state index contributed by atoms with van der Waals surface area (Å²) in [6, 6.07) is -0.631. The summed E-state index contributed by atoms with van der Waals surface area (Å²) >= 11 is 0. The van der Waals surface area contributed by atoms with E-state index >= 15 is 0 Å². The number of nitrogens with two attached hydrogens (primary N) is 1. The maximum Gasteiger partial charge on any atom is 0.245 e. The second kappa shape index (κ2) is 6.74. The van der Waals surface area contributed by atoms with E-state index in [0.717, 1.165) is 0 Å². The molecule has 0 unspecified atom stereocenters. The number of amides is 3. The normalized spacial score (nSPS) is 23.0. The molecule has 1 aliphatic rings. The molecule has 21 heavy (non-hydrogen) atoms. The van der Waals surface area contributed by atoms with Gasteiger partial charge in [0.25, 0.3) is 0 Å². The highest BCUT2D eigenvalue weighted by molar-refractivity contribution is 5.90. The fourth-order valence-electron chi connectivity index (χ4n) is 2.96. The van der Waals surface area contributed by atoms with Gasteiger partial charge in [0, 0.05) is 20.1 Å². The van der Waals surface area contributed by atoms with E-state index in [-0.39, 0.29) is 29.6 Å². The van der Waals surface area contributed by atoms with Crippen molar-refractivity contribution in [3.05, 3.63) is 12.7 Å². The van der Waals surface area contributed by atoms with Crippen molar-refractivity contribution in [2.75, 3.05) is 20.1 Å². The average Bonchev–Trinajstić information content (AvgIpc) is 2.78. The Labute approximate surface area is 125 Å². The van der Waals surface area contributed by atoms with Gasteiger partial charge in [-0.15, -0.1) is 0 Å². The van der Waals surface area contributed by atoms with Crippen molar-refractivity contribution in [3.63, 3.8) is 0 Å². The molecule has 1 fully saturated rings. The molecule has 0 aromatic carbocycles. The lowest BCUT2D eigenvalue weighted by Crippen LogP contribution is -2.51. The van der Waals surface area contributed by atoms with E-state index in [9.17, 15) is 14.4 Å². The molecule has 1 aliphatic heterocycles. The molecule has 3 atom stereocenters. The number of carbonyl (C=O) groups excluding carboxylic acids is 3. The standard InChI is InChI=1S/C15H25N3O3/c1-6-12(19)18-7-10(4)11(8-18)15(21)17(5)13(9(2)3)14(16)20/h6,9-11,13H,1,7-8H2,2-5H3,(H2,16,20)/t10-,11+,13-/m0/s1. The van der Waals surface area contributed by atoms with Crippen LogP contribution in [-0.4, -0.2) is 53.7 Å². The van der Waals surface area contributed by atoms with Crippen molar-refractivity contribution >= 4 is 17.7 Å². The van der Waals surface area contributed by atoms with Crippen LogP contribution in [0.4, 0.5) is 0 Å². The fourth-order valence-corrected chi connectivity index (χ4v) is 2.96. The summed E-state index contributed by atoms with van der Waals surface area (Å²) < 4.78 is 0. The van der Waals surface area contributed by atoms with Crippen LogP contribution < -0.4 is 5.73 Å². The van der Waals surface area contributed by atoms with Gasteiger partial charge in [-0.1, -0.05) is 27.4 Å². The molecule has 1 saturated heterocycles. The Balaban J connectivity index is 2.85. The van der Waals surface area contributed by atoms with Gasteiger partial charge in [0.05, 0.1) is 5.92 Å². The summed E-state index contributed by atoms with van der Waals surface area (Å²) in [7, 11) is 1.60. The first-order valence-electron chi connectivity index (χ1n) is 7.18. The Bertz CT molecular complexity index is 447. The van der Waals surface area contributed by atoms with E-state index < -0.39 is 11.9 Å². The van der Waals surface area contributed by atoms with Gasteiger partial charge < -0.3 is 15.5 Å². The predicted octanol–water partition coefficient (Wildman–Crippen LogP) is 0.235. The maximum absolute atomic E-state index is 12.6. The molecule has 1 heterocycles. The molecule has 1 rings (SSSR count). The monoisotopic (exact) mass is 295 g/mol. The quantitative estimate of drug-likeness (QED) is 0.737. The van der Waals surface area contributed by atoms with Crippen LogP contribution in [0.5, 0.6) is 0 Å². The minimum atomic E-state index is -0.631. The molecule has 3 amide bonds. The van der Waals surface area contributed by atoms with Gasteiger partial charge in [-0.3, -0.25) is 14.4 Å². The second-order valence-corrected chi connectivity index (χ2v) is 6.07. The SMILES string of the molecule is C=CC(=O)N1C[C@H](C)[C@H](C(=O)N(C)[C@H](C(N)=O)C(C)C)C1. The third kappa shape index (κ3) is 3.62. The highest BCUT2D eigenvalue weighted by atomic mass is 16.2. The van der Waals surface area contributed by atoms with Crippen LogP contribution in [0.3, 0.4) is 0 Å². The average molecular weight is 295 g/mol. The predicted molar refractivity (Wildman–Crippen MR) is 80.0 cm³/mol. The molecule has 6 nitrogen and oxygen atoms in total. The summed E-state index contributed by atoms with van der Waals surface area (Å²) in [5.74, 6) is -1.14. The maximum atomic E-state index is 12.6. The van der Waals surface area contributed by atoms with Crippen molar-refractivity contribution < 1.29 is 14.4 Å². The molecule has 0 spiro atoms. The Hall–Kier alpha value is -1.85. The zero-order valence-electron chi connectivity index (χ0n) is 13.2. The Morgan fingerprint density at radius 2 is 1.90 bits per heavy atom. The first-order chi connectivity index (χ1) is 9.70. The number of likely N-dealkylation sites (tertiary alicyclic amines) is 1. The van der Waals surface area contributed by atoms with Crippen LogP contribution in [0.2, 0.25) is 0 Å². The minimum Gasteiger partial charge on any atom is -0.368 e. The van der Waals surface area contributed by atoms with Crippen molar-refractivity contribution in [2.24, 2.45) is 23.5 Å². The van der Waals surface area contributed by atoms with E-state index in [1.54, 1.807) is 11.9 Å². The van der Waals surface area contributed by atoms with Crippen molar-refractivity contribution in [1.82, 2.24) is 9.80 Å². The lowest BCUT2D eigenvalue weighted by molar-refractivity contribution is -0.143. The van der Waals surface area contributed by atoms with Crippen LogP contribution in [-0.2, 0) is 14.4 Å². The minimum absolute atomic E-state index is 0.0459. The summed E-state index contributed by atoms with van der Waals surface area (Å²) in [5.41, 5.74) is 5.40. The number of rotatable bonds is 5. The van der Waals surface area contributed by atoms with Gasteiger partial charge in [0.15, 0.2) is 0 Å². The number of nitrogens with zero attached hydrogens (tertiary/aromatic N) is 2. The zero-order valence-corrected chi connectivity index (χ0v) is 13.2. The molecule has 6 heteroatoms. The van der Waals surface area contributed by atoms with Crippen LogP contribution >= 0.6 is 0 Å². The van der Waals surface area contributed by atoms with E-state index in [1.807, 2.05) is 20.8 Å². The largest absolute Gasteiger partial charge is 0.368 e. The van der Waals surface area contributed by atoms with Crippen molar-refractivity contribution in [3.8, 4) is 0 Å². The van der Waals surface area contributed by atoms with E-state index in [1.165, 1.54) is 11.0 Å². The fraction of sp³-hybridized carbons (Fsp3) is 0.667. The van der Waals surface area contributed by atoms with Crippen molar-refractivity contribution in [1.29, 1.82) is 0 Å². The smallest absolute Gasteiger partial charge is 0.245 e. The zero-order chi connectivity index (χ0) is 16.3. The van der Waals surface area contributed by atoms with Gasteiger partial charge in [-0.05, 0) is 17.9 Å². The third-order valence-corrected chi connectivity index (χ3v) is 4.10. The van der Waals surface area contributed by atoms with Gasteiger partial charge in [0.2, 0.25) is 17.7 Å². The number of hydrogen-bond acceptors (Lipinski definition) is 3. The highest BCUT2D eigenvalue weighted by Crippen LogP contribution is 2.26.